The van der Waals surface area contributed by atoms with Crippen LogP contribution in [-0.4, -0.2) is 31.8 Å². The predicted octanol–water partition coefficient (Wildman–Crippen LogP) is 1.24. The summed E-state index contributed by atoms with van der Waals surface area (Å²) in [5, 5.41) is 4.84. The largest absolute Gasteiger partial charge is 0.336 e. The third-order valence-electron chi connectivity index (χ3n) is 3.39. The maximum Gasteiger partial charge on any atom is 0.260 e. The summed E-state index contributed by atoms with van der Waals surface area (Å²) in [6.45, 7) is 2.16. The van der Waals surface area contributed by atoms with Gasteiger partial charge in [0.1, 0.15) is 16.3 Å². The summed E-state index contributed by atoms with van der Waals surface area (Å²) in [5.74, 6) is -3.38. The zero-order valence-corrected chi connectivity index (χ0v) is 11.6. The Morgan fingerprint density at radius 1 is 1.40 bits per heavy atom. The summed E-state index contributed by atoms with van der Waals surface area (Å²) in [6, 6.07) is 1.31. The van der Waals surface area contributed by atoms with Crippen LogP contribution in [0.3, 0.4) is 0 Å². The molecule has 1 aliphatic heterocycles. The van der Waals surface area contributed by atoms with E-state index in [-0.39, 0.29) is 6.04 Å². The lowest BCUT2D eigenvalue weighted by Crippen LogP contribution is -2.35. The van der Waals surface area contributed by atoms with Crippen LogP contribution in [0.5, 0.6) is 0 Å². The van der Waals surface area contributed by atoms with Gasteiger partial charge in [-0.1, -0.05) is 0 Å². The molecular formula is C12H14F2N2O3S. The highest BCUT2D eigenvalue weighted by molar-refractivity contribution is 7.89. The van der Waals surface area contributed by atoms with E-state index < -0.39 is 38.0 Å². The molecular weight excluding hydrogens is 290 g/mol. The van der Waals surface area contributed by atoms with Crippen molar-refractivity contribution in [2.75, 3.05) is 6.54 Å². The van der Waals surface area contributed by atoms with Crippen LogP contribution in [0.2, 0.25) is 0 Å². The first-order valence-electron chi connectivity index (χ1n) is 6.05. The van der Waals surface area contributed by atoms with Gasteiger partial charge < -0.3 is 4.90 Å². The minimum absolute atomic E-state index is 0.139. The lowest BCUT2D eigenvalue weighted by molar-refractivity contribution is 0.0737. The van der Waals surface area contributed by atoms with Gasteiger partial charge in [-0.05, 0) is 31.9 Å². The summed E-state index contributed by atoms with van der Waals surface area (Å²) >= 11 is 0. The smallest absolute Gasteiger partial charge is 0.260 e. The molecule has 1 aromatic rings. The van der Waals surface area contributed by atoms with Crippen LogP contribution in [0.15, 0.2) is 17.0 Å². The van der Waals surface area contributed by atoms with E-state index in [0.29, 0.717) is 12.6 Å². The molecule has 2 N–H and O–H groups in total. The molecule has 110 valence electrons. The van der Waals surface area contributed by atoms with Crippen molar-refractivity contribution in [1.82, 2.24) is 4.90 Å². The number of primary sulfonamides is 1. The Hall–Kier alpha value is -1.54. The van der Waals surface area contributed by atoms with Crippen molar-refractivity contribution in [2.45, 2.75) is 30.7 Å². The molecule has 1 aliphatic rings. The number of hydrogen-bond donors (Lipinski definition) is 1. The lowest BCUT2D eigenvalue weighted by Gasteiger charge is -2.22. The molecule has 0 spiro atoms. The molecule has 5 nitrogen and oxygen atoms in total. The SMILES string of the molecule is CC1CCCN1C(=O)c1c(F)ccc(S(N)(=O)=O)c1F. The second-order valence-electron chi connectivity index (χ2n) is 4.77. The summed E-state index contributed by atoms with van der Waals surface area (Å²) in [5.41, 5.74) is -0.870. The number of hydrogen-bond acceptors (Lipinski definition) is 3. The predicted molar refractivity (Wildman–Crippen MR) is 67.5 cm³/mol. The Balaban J connectivity index is 2.54. The van der Waals surface area contributed by atoms with E-state index in [2.05, 4.69) is 0 Å². The fourth-order valence-electron chi connectivity index (χ4n) is 2.33. The number of nitrogens with zero attached hydrogens (tertiary/aromatic N) is 1. The van der Waals surface area contributed by atoms with Crippen LogP contribution in [-0.2, 0) is 10.0 Å². The van der Waals surface area contributed by atoms with Gasteiger partial charge in [0.15, 0.2) is 5.82 Å². The van der Waals surface area contributed by atoms with Crippen molar-refractivity contribution < 1.29 is 22.0 Å². The standard InChI is InChI=1S/C12H14F2N2O3S/c1-7-3-2-6-16(7)12(17)10-8(13)4-5-9(11(10)14)20(15,18)19/h4-5,7H,2-3,6H2,1H3,(H2,15,18,19). The third-order valence-corrected chi connectivity index (χ3v) is 4.32. The third kappa shape index (κ3) is 2.53. The first kappa shape index (κ1) is 14.9. The fourth-order valence-corrected chi connectivity index (χ4v) is 2.94. The zero-order chi connectivity index (χ0) is 15.1. The van der Waals surface area contributed by atoms with E-state index in [1.54, 1.807) is 6.92 Å². The van der Waals surface area contributed by atoms with Gasteiger partial charge in [-0.15, -0.1) is 0 Å². The number of carbonyl (C=O) groups excluding carboxylic acids is 1. The number of amides is 1. The fraction of sp³-hybridized carbons (Fsp3) is 0.417. The molecule has 1 amide bonds. The number of carbonyl (C=O) groups is 1. The van der Waals surface area contributed by atoms with Crippen LogP contribution >= 0.6 is 0 Å². The second kappa shape index (κ2) is 5.10. The molecule has 1 atom stereocenters. The molecule has 0 aromatic heterocycles. The van der Waals surface area contributed by atoms with Gasteiger partial charge in [-0.2, -0.15) is 0 Å². The maximum absolute atomic E-state index is 14.1. The van der Waals surface area contributed by atoms with Gasteiger partial charge >= 0.3 is 0 Å². The molecule has 0 bridgehead atoms. The van der Waals surface area contributed by atoms with E-state index in [1.165, 1.54) is 4.90 Å². The van der Waals surface area contributed by atoms with Crippen LogP contribution < -0.4 is 5.14 Å². The highest BCUT2D eigenvalue weighted by atomic mass is 32.2. The number of likely N-dealkylation sites (tertiary alicyclic amines) is 1. The normalized spacial score (nSPS) is 19.4. The first-order chi connectivity index (χ1) is 9.23. The summed E-state index contributed by atoms with van der Waals surface area (Å²) < 4.78 is 50.3. The topological polar surface area (TPSA) is 80.5 Å². The molecule has 1 unspecified atom stereocenters. The van der Waals surface area contributed by atoms with Crippen molar-refractivity contribution in [3.8, 4) is 0 Å². The van der Waals surface area contributed by atoms with Crippen molar-refractivity contribution in [3.63, 3.8) is 0 Å². The molecule has 1 fully saturated rings. The molecule has 1 heterocycles. The summed E-state index contributed by atoms with van der Waals surface area (Å²) in [6.07, 6.45) is 1.48. The Morgan fingerprint density at radius 3 is 2.55 bits per heavy atom. The number of rotatable bonds is 2. The van der Waals surface area contributed by atoms with Crippen molar-refractivity contribution in [3.05, 3.63) is 29.3 Å². The van der Waals surface area contributed by atoms with Crippen LogP contribution in [0.1, 0.15) is 30.1 Å². The monoisotopic (exact) mass is 304 g/mol. The highest BCUT2D eigenvalue weighted by Gasteiger charge is 2.32. The number of halogens is 2. The van der Waals surface area contributed by atoms with Crippen molar-refractivity contribution in [2.24, 2.45) is 5.14 Å². The molecule has 1 saturated heterocycles. The van der Waals surface area contributed by atoms with Gasteiger partial charge in [0.05, 0.1) is 0 Å². The average Bonchev–Trinajstić information content (AvgIpc) is 2.73. The van der Waals surface area contributed by atoms with Gasteiger partial charge in [-0.3, -0.25) is 4.79 Å². The van der Waals surface area contributed by atoms with Gasteiger partial charge in [0.2, 0.25) is 10.0 Å². The summed E-state index contributed by atoms with van der Waals surface area (Å²) in [4.78, 5) is 12.6. The quantitative estimate of drug-likeness (QED) is 0.892. The highest BCUT2D eigenvalue weighted by Crippen LogP contribution is 2.25. The molecule has 0 saturated carbocycles. The zero-order valence-electron chi connectivity index (χ0n) is 10.8. The average molecular weight is 304 g/mol. The number of benzene rings is 1. The van der Waals surface area contributed by atoms with E-state index >= 15 is 0 Å². The van der Waals surface area contributed by atoms with E-state index in [0.717, 1.165) is 18.9 Å². The van der Waals surface area contributed by atoms with Crippen LogP contribution in [0.25, 0.3) is 0 Å². The summed E-state index contributed by atoms with van der Waals surface area (Å²) in [7, 11) is -4.36. The van der Waals surface area contributed by atoms with E-state index in [9.17, 15) is 22.0 Å². The first-order valence-corrected chi connectivity index (χ1v) is 7.60. The second-order valence-corrected chi connectivity index (χ2v) is 6.30. The molecule has 8 heteroatoms. The van der Waals surface area contributed by atoms with Crippen LogP contribution in [0, 0.1) is 11.6 Å². The lowest BCUT2D eigenvalue weighted by atomic mass is 10.1. The molecule has 0 radical (unpaired) electrons. The minimum Gasteiger partial charge on any atom is -0.336 e. The van der Waals surface area contributed by atoms with Crippen LogP contribution in [0.4, 0.5) is 8.78 Å². The maximum atomic E-state index is 14.1. The van der Waals surface area contributed by atoms with Crippen molar-refractivity contribution in [1.29, 1.82) is 0 Å². The number of sulfonamides is 1. The molecule has 1 aromatic carbocycles. The van der Waals surface area contributed by atoms with Gasteiger partial charge in [-0.25, -0.2) is 22.3 Å². The van der Waals surface area contributed by atoms with E-state index in [4.69, 9.17) is 5.14 Å². The Kier molecular flexibility index (Phi) is 3.79. The van der Waals surface area contributed by atoms with Gasteiger partial charge in [0, 0.05) is 12.6 Å². The van der Waals surface area contributed by atoms with Crippen molar-refractivity contribution >= 4 is 15.9 Å². The Bertz CT molecular complexity index is 661. The number of nitrogens with two attached hydrogens (primary N) is 1. The molecule has 20 heavy (non-hydrogen) atoms. The Labute approximate surface area is 115 Å². The Morgan fingerprint density at radius 2 is 2.05 bits per heavy atom. The molecule has 2 rings (SSSR count). The van der Waals surface area contributed by atoms with Gasteiger partial charge in [0.25, 0.3) is 5.91 Å². The minimum atomic E-state index is -4.36. The molecule has 0 aliphatic carbocycles. The van der Waals surface area contributed by atoms with E-state index in [1.807, 2.05) is 0 Å².